The minimum atomic E-state index is 0.825. The van der Waals surface area contributed by atoms with Crippen molar-refractivity contribution in [1.29, 1.82) is 0 Å². The van der Waals surface area contributed by atoms with Gasteiger partial charge in [0, 0.05) is 12.7 Å². The van der Waals surface area contributed by atoms with Crippen LogP contribution in [0.25, 0.3) is 0 Å². The Labute approximate surface area is 127 Å². The van der Waals surface area contributed by atoms with Crippen molar-refractivity contribution < 1.29 is 0 Å². The molecule has 1 aliphatic rings. The van der Waals surface area contributed by atoms with Crippen LogP contribution in [0.2, 0.25) is 0 Å². The van der Waals surface area contributed by atoms with Crippen LogP contribution in [0.3, 0.4) is 0 Å². The van der Waals surface area contributed by atoms with E-state index in [1.54, 1.807) is 0 Å². The number of benzene rings is 1. The Morgan fingerprint density at radius 3 is 2.90 bits per heavy atom. The van der Waals surface area contributed by atoms with Crippen LogP contribution in [0.1, 0.15) is 38.2 Å². The lowest BCUT2D eigenvalue weighted by molar-refractivity contribution is 0.293. The third-order valence-electron chi connectivity index (χ3n) is 4.46. The van der Waals surface area contributed by atoms with Crippen LogP contribution < -0.4 is 5.32 Å². The summed E-state index contributed by atoms with van der Waals surface area (Å²) in [6, 6.07) is 10.5. The second-order valence-corrected chi connectivity index (χ2v) is 6.43. The molecular weight excluding hydrogens is 258 g/mol. The van der Waals surface area contributed by atoms with Gasteiger partial charge in [-0.2, -0.15) is 5.10 Å². The van der Waals surface area contributed by atoms with Crippen LogP contribution in [-0.2, 0) is 6.54 Å². The van der Waals surface area contributed by atoms with E-state index < -0.39 is 0 Å². The quantitative estimate of drug-likeness (QED) is 0.892. The summed E-state index contributed by atoms with van der Waals surface area (Å²) < 4.78 is 2.00. The molecule has 1 heterocycles. The molecule has 0 amide bonds. The van der Waals surface area contributed by atoms with Gasteiger partial charge in [-0.1, -0.05) is 50.1 Å². The van der Waals surface area contributed by atoms with E-state index in [2.05, 4.69) is 47.8 Å². The highest BCUT2D eigenvalue weighted by molar-refractivity contribution is 5.38. The fraction of sp³-hybridized carbons (Fsp3) is 0.500. The van der Waals surface area contributed by atoms with E-state index in [1.807, 2.05) is 16.9 Å². The van der Waals surface area contributed by atoms with Crippen LogP contribution in [-0.4, -0.2) is 16.3 Å². The van der Waals surface area contributed by atoms with Gasteiger partial charge in [0.2, 0.25) is 0 Å². The molecule has 0 radical (unpaired) electrons. The minimum absolute atomic E-state index is 0.825. The SMILES string of the molecule is CC1CCCC(CNc2cnn(Cc3ccccc3)c2)C1. The van der Waals surface area contributed by atoms with Crippen molar-refractivity contribution in [2.24, 2.45) is 11.8 Å². The van der Waals surface area contributed by atoms with Crippen molar-refractivity contribution in [3.05, 3.63) is 48.3 Å². The standard InChI is InChI=1S/C18H25N3/c1-15-6-5-9-17(10-15)11-19-18-12-20-21(14-18)13-16-7-3-2-4-8-16/h2-4,7-8,12,14-15,17,19H,5-6,9-11,13H2,1H3. The first-order chi connectivity index (χ1) is 10.3. The first-order valence-corrected chi connectivity index (χ1v) is 8.10. The van der Waals surface area contributed by atoms with Crippen LogP contribution in [0.5, 0.6) is 0 Å². The topological polar surface area (TPSA) is 29.9 Å². The highest BCUT2D eigenvalue weighted by Gasteiger charge is 2.18. The van der Waals surface area contributed by atoms with Crippen molar-refractivity contribution in [3.63, 3.8) is 0 Å². The van der Waals surface area contributed by atoms with Gasteiger partial charge in [-0.05, 0) is 30.2 Å². The minimum Gasteiger partial charge on any atom is -0.382 e. The fourth-order valence-electron chi connectivity index (χ4n) is 3.32. The van der Waals surface area contributed by atoms with E-state index in [0.717, 1.165) is 30.6 Å². The first kappa shape index (κ1) is 14.2. The van der Waals surface area contributed by atoms with E-state index in [0.29, 0.717) is 0 Å². The molecule has 2 atom stereocenters. The van der Waals surface area contributed by atoms with Gasteiger partial charge >= 0.3 is 0 Å². The second-order valence-electron chi connectivity index (χ2n) is 6.43. The van der Waals surface area contributed by atoms with E-state index >= 15 is 0 Å². The molecule has 0 bridgehead atoms. The van der Waals surface area contributed by atoms with E-state index in [1.165, 1.54) is 31.2 Å². The maximum absolute atomic E-state index is 4.44. The number of aromatic nitrogens is 2. The molecule has 21 heavy (non-hydrogen) atoms. The first-order valence-electron chi connectivity index (χ1n) is 8.10. The Hall–Kier alpha value is -1.77. The van der Waals surface area contributed by atoms with Gasteiger partial charge in [0.05, 0.1) is 18.4 Å². The van der Waals surface area contributed by atoms with Gasteiger partial charge in [-0.25, -0.2) is 0 Å². The highest BCUT2D eigenvalue weighted by Crippen LogP contribution is 2.28. The summed E-state index contributed by atoms with van der Waals surface area (Å²) in [5.74, 6) is 1.72. The van der Waals surface area contributed by atoms with Gasteiger partial charge in [0.25, 0.3) is 0 Å². The summed E-state index contributed by atoms with van der Waals surface area (Å²) in [5, 5.41) is 8.00. The smallest absolute Gasteiger partial charge is 0.0726 e. The molecule has 1 saturated carbocycles. The third kappa shape index (κ3) is 4.10. The van der Waals surface area contributed by atoms with Gasteiger partial charge in [-0.15, -0.1) is 0 Å². The van der Waals surface area contributed by atoms with E-state index in [9.17, 15) is 0 Å². The maximum Gasteiger partial charge on any atom is 0.0726 e. The average Bonchev–Trinajstić information content (AvgIpc) is 2.94. The molecule has 1 aromatic heterocycles. The predicted molar refractivity (Wildman–Crippen MR) is 87.4 cm³/mol. The molecular formula is C18H25N3. The molecule has 112 valence electrons. The lowest BCUT2D eigenvalue weighted by atomic mass is 9.82. The number of nitrogens with one attached hydrogen (secondary N) is 1. The van der Waals surface area contributed by atoms with Gasteiger partial charge in [0.15, 0.2) is 0 Å². The maximum atomic E-state index is 4.44. The van der Waals surface area contributed by atoms with Gasteiger partial charge in [0.1, 0.15) is 0 Å². The Kier molecular flexibility index (Phi) is 4.59. The molecule has 0 spiro atoms. The molecule has 2 unspecified atom stereocenters. The second kappa shape index (κ2) is 6.79. The molecule has 3 rings (SSSR count). The third-order valence-corrected chi connectivity index (χ3v) is 4.46. The monoisotopic (exact) mass is 283 g/mol. The summed E-state index contributed by atoms with van der Waals surface area (Å²) in [6.07, 6.45) is 9.58. The van der Waals surface area contributed by atoms with Crippen molar-refractivity contribution >= 4 is 5.69 Å². The van der Waals surface area contributed by atoms with Crippen molar-refractivity contribution in [2.45, 2.75) is 39.2 Å². The Morgan fingerprint density at radius 1 is 1.24 bits per heavy atom. The summed E-state index contributed by atoms with van der Waals surface area (Å²) in [6.45, 7) is 4.30. The molecule has 1 aromatic carbocycles. The molecule has 1 fully saturated rings. The van der Waals surface area contributed by atoms with E-state index in [-0.39, 0.29) is 0 Å². The fourth-order valence-corrected chi connectivity index (χ4v) is 3.32. The van der Waals surface area contributed by atoms with Gasteiger partial charge in [-0.3, -0.25) is 4.68 Å². The lowest BCUT2D eigenvalue weighted by Gasteiger charge is -2.26. The van der Waals surface area contributed by atoms with Crippen molar-refractivity contribution in [2.75, 3.05) is 11.9 Å². The molecule has 0 saturated heterocycles. The van der Waals surface area contributed by atoms with Crippen LogP contribution in [0.15, 0.2) is 42.7 Å². The number of hydrogen-bond donors (Lipinski definition) is 1. The van der Waals surface area contributed by atoms with Crippen molar-refractivity contribution in [3.8, 4) is 0 Å². The number of rotatable bonds is 5. The summed E-state index contributed by atoms with van der Waals surface area (Å²) >= 11 is 0. The molecule has 3 nitrogen and oxygen atoms in total. The Bertz CT molecular complexity index is 547. The van der Waals surface area contributed by atoms with Crippen LogP contribution in [0, 0.1) is 11.8 Å². The molecule has 3 heteroatoms. The van der Waals surface area contributed by atoms with Crippen LogP contribution >= 0.6 is 0 Å². The summed E-state index contributed by atoms with van der Waals surface area (Å²) in [7, 11) is 0. The zero-order valence-corrected chi connectivity index (χ0v) is 12.8. The zero-order valence-electron chi connectivity index (χ0n) is 12.8. The number of hydrogen-bond acceptors (Lipinski definition) is 2. The zero-order chi connectivity index (χ0) is 14.5. The Morgan fingerprint density at radius 2 is 2.10 bits per heavy atom. The van der Waals surface area contributed by atoms with E-state index in [4.69, 9.17) is 0 Å². The van der Waals surface area contributed by atoms with Crippen molar-refractivity contribution in [1.82, 2.24) is 9.78 Å². The largest absolute Gasteiger partial charge is 0.382 e. The predicted octanol–water partition coefficient (Wildman–Crippen LogP) is 4.17. The highest BCUT2D eigenvalue weighted by atomic mass is 15.3. The average molecular weight is 283 g/mol. The number of anilines is 1. The van der Waals surface area contributed by atoms with Gasteiger partial charge < -0.3 is 5.32 Å². The molecule has 1 aliphatic carbocycles. The number of nitrogens with zero attached hydrogens (tertiary/aromatic N) is 2. The lowest BCUT2D eigenvalue weighted by Crippen LogP contribution is -2.20. The normalized spacial score (nSPS) is 22.1. The van der Waals surface area contributed by atoms with Crippen LogP contribution in [0.4, 0.5) is 5.69 Å². The summed E-state index contributed by atoms with van der Waals surface area (Å²) in [5.41, 5.74) is 2.43. The molecule has 2 aromatic rings. The molecule has 1 N–H and O–H groups in total. The Balaban J connectivity index is 1.51. The summed E-state index contributed by atoms with van der Waals surface area (Å²) in [4.78, 5) is 0. The molecule has 0 aliphatic heterocycles.